The molecule has 0 atom stereocenters. The molecule has 2 aliphatic rings. The van der Waals surface area contributed by atoms with Gasteiger partial charge in [-0.25, -0.2) is 23.3 Å². The van der Waals surface area contributed by atoms with Gasteiger partial charge in [-0.15, -0.1) is 12.8 Å². The molecule has 0 aromatic rings. The Balaban J connectivity index is -0.000000270. The van der Waals surface area contributed by atoms with Crippen molar-refractivity contribution < 1.29 is 24.6 Å². The molecule has 0 aliphatic heterocycles. The Hall–Kier alpha value is -0.326. The second-order valence-corrected chi connectivity index (χ2v) is 4.82. The van der Waals surface area contributed by atoms with E-state index in [0.29, 0.717) is 0 Å². The van der Waals surface area contributed by atoms with Gasteiger partial charge in [-0.1, -0.05) is 52.4 Å². The molecule has 0 heterocycles. The summed E-state index contributed by atoms with van der Waals surface area (Å²) < 4.78 is 0. The molecule has 0 spiro atoms. The van der Waals surface area contributed by atoms with Gasteiger partial charge in [0, 0.05) is 0 Å². The molecule has 0 N–H and O–H groups in total. The molecule has 0 radical (unpaired) electrons. The third-order valence-electron chi connectivity index (χ3n) is 3.13. The van der Waals surface area contributed by atoms with Crippen LogP contribution in [0.25, 0.3) is 0 Å². The van der Waals surface area contributed by atoms with E-state index in [-0.39, 0.29) is 24.6 Å². The molecule has 0 fully saturated rings. The summed E-state index contributed by atoms with van der Waals surface area (Å²) in [5.41, 5.74) is 2.83. The third-order valence-corrected chi connectivity index (χ3v) is 3.13. The topological polar surface area (TPSA) is 0 Å². The monoisotopic (exact) mass is 292 g/mol. The predicted molar refractivity (Wildman–Crippen MR) is 82.3 cm³/mol. The number of hydrogen-bond acceptors (Lipinski definition) is 0. The second kappa shape index (κ2) is 12.7. The van der Waals surface area contributed by atoms with Gasteiger partial charge >= 0.3 is 21.7 Å². The normalized spacial score (nSPS) is 15.5. The Labute approximate surface area is 137 Å². The summed E-state index contributed by atoms with van der Waals surface area (Å²) in [6.07, 6.45) is 25.1. The molecule has 1 heteroatoms. The van der Waals surface area contributed by atoms with E-state index in [9.17, 15) is 0 Å². The minimum absolute atomic E-state index is 0. The number of allylic oxidation sites excluding steroid dienone is 8. The molecule has 0 unspecified atom stereocenters. The van der Waals surface area contributed by atoms with Crippen molar-refractivity contribution >= 4 is 0 Å². The van der Waals surface area contributed by atoms with Gasteiger partial charge in [0.2, 0.25) is 0 Å². The molecular formula is C18H28Ti. The van der Waals surface area contributed by atoms with Crippen molar-refractivity contribution in [3.8, 4) is 0 Å². The first kappa shape index (κ1) is 18.7. The van der Waals surface area contributed by atoms with Gasteiger partial charge in [0.15, 0.2) is 0 Å². The van der Waals surface area contributed by atoms with Gasteiger partial charge in [-0.2, -0.15) is 12.2 Å². The van der Waals surface area contributed by atoms with Crippen molar-refractivity contribution in [2.45, 2.75) is 65.2 Å². The fourth-order valence-electron chi connectivity index (χ4n) is 1.98. The van der Waals surface area contributed by atoms with E-state index in [4.69, 9.17) is 0 Å². The van der Waals surface area contributed by atoms with Crippen LogP contribution in [0.2, 0.25) is 0 Å². The zero-order chi connectivity index (χ0) is 13.1. The van der Waals surface area contributed by atoms with Crippen LogP contribution in [-0.2, 0) is 21.7 Å². The Morgan fingerprint density at radius 2 is 1.32 bits per heavy atom. The Morgan fingerprint density at radius 1 is 0.895 bits per heavy atom. The van der Waals surface area contributed by atoms with Gasteiger partial charge in [-0.3, -0.25) is 12.2 Å². The summed E-state index contributed by atoms with van der Waals surface area (Å²) in [6.45, 7) is 4.44. The minimum Gasteiger partial charge on any atom is -1.00 e. The van der Waals surface area contributed by atoms with Crippen LogP contribution in [-0.4, -0.2) is 0 Å². The van der Waals surface area contributed by atoms with Crippen molar-refractivity contribution in [2.24, 2.45) is 0 Å². The molecule has 0 nitrogen and oxygen atoms in total. The first-order chi connectivity index (χ1) is 8.86. The van der Waals surface area contributed by atoms with Crippen molar-refractivity contribution in [2.75, 3.05) is 0 Å². The summed E-state index contributed by atoms with van der Waals surface area (Å²) in [6, 6.07) is 0. The first-order valence-corrected chi connectivity index (χ1v) is 7.39. The Bertz CT molecular complexity index is 307. The third kappa shape index (κ3) is 9.24. The van der Waals surface area contributed by atoms with E-state index in [1.807, 2.05) is 0 Å². The number of unbranched alkanes of at least 4 members (excludes halogenated alkanes) is 2. The predicted octanol–water partition coefficient (Wildman–Crippen LogP) is 5.95. The van der Waals surface area contributed by atoms with E-state index in [0.717, 1.165) is 12.8 Å². The zero-order valence-electron chi connectivity index (χ0n) is 14.5. The smallest absolute Gasteiger partial charge is 1.00 e. The summed E-state index contributed by atoms with van der Waals surface area (Å²) >= 11 is 0. The molecule has 0 aromatic heterocycles. The Morgan fingerprint density at radius 3 is 1.58 bits per heavy atom. The maximum atomic E-state index is 3.30. The molecule has 0 amide bonds. The zero-order valence-corrected chi connectivity index (χ0v) is 14.0. The molecular weight excluding hydrogens is 264 g/mol. The molecule has 0 bridgehead atoms. The number of rotatable bonds is 6. The standard InChI is InChI=1S/2C9H13.Ti.2H/c2*1-2-3-6-9-7-4-5-8-9;;;/h2*4,7H,2-3,5-6H2,1H3;;;/q2*-1;+4;2*-1. The van der Waals surface area contributed by atoms with Crippen LogP contribution in [0.3, 0.4) is 0 Å². The largest absolute Gasteiger partial charge is 4.00 e. The first-order valence-electron chi connectivity index (χ1n) is 7.39. The Kier molecular flexibility index (Phi) is 12.5. The quantitative estimate of drug-likeness (QED) is 0.419. The summed E-state index contributed by atoms with van der Waals surface area (Å²) in [5, 5.41) is 0. The van der Waals surface area contributed by atoms with Crippen molar-refractivity contribution in [1.82, 2.24) is 0 Å². The fourth-order valence-corrected chi connectivity index (χ4v) is 1.98. The molecule has 0 saturated carbocycles. The average Bonchev–Trinajstić information content (AvgIpc) is 3.07. The van der Waals surface area contributed by atoms with E-state index < -0.39 is 0 Å². The number of hydrogen-bond donors (Lipinski definition) is 0. The van der Waals surface area contributed by atoms with E-state index in [1.165, 1.54) is 49.7 Å². The van der Waals surface area contributed by atoms with E-state index >= 15 is 0 Å². The van der Waals surface area contributed by atoms with E-state index in [2.05, 4.69) is 50.3 Å². The molecule has 0 saturated heterocycles. The minimum atomic E-state index is 0. The van der Waals surface area contributed by atoms with Crippen LogP contribution in [0, 0.1) is 12.2 Å². The molecule has 19 heavy (non-hydrogen) atoms. The summed E-state index contributed by atoms with van der Waals surface area (Å²) in [4.78, 5) is 0. The summed E-state index contributed by atoms with van der Waals surface area (Å²) in [7, 11) is 0. The van der Waals surface area contributed by atoms with Gasteiger partial charge in [-0.05, 0) is 0 Å². The van der Waals surface area contributed by atoms with Crippen LogP contribution < -0.4 is 0 Å². The summed E-state index contributed by atoms with van der Waals surface area (Å²) in [5.74, 6) is 0. The second-order valence-electron chi connectivity index (χ2n) is 4.82. The molecule has 0 aromatic carbocycles. The molecule has 2 rings (SSSR count). The maximum absolute atomic E-state index is 3.30. The molecule has 2 aliphatic carbocycles. The average molecular weight is 292 g/mol. The van der Waals surface area contributed by atoms with Gasteiger partial charge in [0.1, 0.15) is 0 Å². The van der Waals surface area contributed by atoms with E-state index in [1.54, 1.807) is 0 Å². The van der Waals surface area contributed by atoms with Gasteiger partial charge in [0.25, 0.3) is 0 Å². The van der Waals surface area contributed by atoms with Gasteiger partial charge < -0.3 is 2.85 Å². The van der Waals surface area contributed by atoms with Crippen LogP contribution >= 0.6 is 0 Å². The van der Waals surface area contributed by atoms with Crippen LogP contribution in [0.4, 0.5) is 0 Å². The van der Waals surface area contributed by atoms with Crippen LogP contribution in [0.5, 0.6) is 0 Å². The van der Waals surface area contributed by atoms with Gasteiger partial charge in [0.05, 0.1) is 0 Å². The maximum Gasteiger partial charge on any atom is 4.00 e. The van der Waals surface area contributed by atoms with Crippen molar-refractivity contribution in [3.63, 3.8) is 0 Å². The molecule has 104 valence electrons. The SMILES string of the molecule is CCCCC1=[C-]CC=C1.CCCCC1=[C-]CC=C1.[H-].[H-].[Ti+4]. The fraction of sp³-hybridized carbons (Fsp3) is 0.556. The van der Waals surface area contributed by atoms with Crippen molar-refractivity contribution in [1.29, 1.82) is 0 Å². The van der Waals surface area contributed by atoms with Crippen LogP contribution in [0.1, 0.15) is 68.1 Å². The van der Waals surface area contributed by atoms with Crippen molar-refractivity contribution in [3.05, 3.63) is 47.6 Å². The van der Waals surface area contributed by atoms with Crippen LogP contribution in [0.15, 0.2) is 35.5 Å².